The Kier molecular flexibility index (Phi) is 6.37. The van der Waals surface area contributed by atoms with Gasteiger partial charge in [-0.15, -0.1) is 0 Å². The molecule has 5 heteroatoms. The number of aromatic nitrogens is 1. The minimum Gasteiger partial charge on any atom is -0.493 e. The number of ether oxygens (including phenoxy) is 1. The molecule has 28 heavy (non-hydrogen) atoms. The van der Waals surface area contributed by atoms with E-state index in [0.29, 0.717) is 35.2 Å². The number of carbonyl (C=O) groups is 1. The maximum absolute atomic E-state index is 14.2. The van der Waals surface area contributed by atoms with Gasteiger partial charge in [-0.05, 0) is 48.4 Å². The first kappa shape index (κ1) is 19.5. The van der Waals surface area contributed by atoms with Crippen molar-refractivity contribution in [2.75, 3.05) is 11.5 Å². The molecule has 0 aliphatic carbocycles. The SMILES string of the molecule is CC(C)COc1ccc(C(=O)N(Cc2ccccc2F)c2ccccn2)cc1. The molecule has 0 saturated carbocycles. The van der Waals surface area contributed by atoms with E-state index in [1.165, 1.54) is 11.0 Å². The first-order valence-electron chi connectivity index (χ1n) is 9.24. The molecule has 3 rings (SSSR count). The topological polar surface area (TPSA) is 42.4 Å². The number of rotatable bonds is 7. The highest BCUT2D eigenvalue weighted by atomic mass is 19.1. The molecular formula is C23H23FN2O2. The molecule has 0 bridgehead atoms. The molecule has 1 heterocycles. The van der Waals surface area contributed by atoms with Crippen molar-refractivity contribution in [3.63, 3.8) is 0 Å². The molecule has 144 valence electrons. The second-order valence-electron chi connectivity index (χ2n) is 6.90. The molecular weight excluding hydrogens is 355 g/mol. The molecule has 4 nitrogen and oxygen atoms in total. The molecule has 2 aromatic carbocycles. The second kappa shape index (κ2) is 9.13. The van der Waals surface area contributed by atoms with Gasteiger partial charge in [-0.25, -0.2) is 9.37 Å². The van der Waals surface area contributed by atoms with Gasteiger partial charge in [0.2, 0.25) is 0 Å². The van der Waals surface area contributed by atoms with Gasteiger partial charge in [0, 0.05) is 17.3 Å². The van der Waals surface area contributed by atoms with E-state index >= 15 is 0 Å². The average Bonchev–Trinajstić information content (AvgIpc) is 2.72. The van der Waals surface area contributed by atoms with E-state index in [4.69, 9.17) is 4.74 Å². The van der Waals surface area contributed by atoms with Crippen LogP contribution < -0.4 is 9.64 Å². The van der Waals surface area contributed by atoms with Gasteiger partial charge < -0.3 is 4.74 Å². The standard InChI is InChI=1S/C23H23FN2O2/c1-17(2)16-28-20-12-10-18(11-13-20)23(27)26(22-9-5-6-14-25-22)15-19-7-3-4-8-21(19)24/h3-14,17H,15-16H2,1-2H3. The Hall–Kier alpha value is -3.21. The highest BCUT2D eigenvalue weighted by Gasteiger charge is 2.20. The summed E-state index contributed by atoms with van der Waals surface area (Å²) in [5, 5.41) is 0. The molecule has 0 fully saturated rings. The van der Waals surface area contributed by atoms with Crippen LogP contribution in [-0.2, 0) is 6.54 Å². The lowest BCUT2D eigenvalue weighted by atomic mass is 10.1. The number of pyridine rings is 1. The summed E-state index contributed by atoms with van der Waals surface area (Å²) in [5.41, 5.74) is 0.914. The molecule has 0 saturated heterocycles. The third-order valence-corrected chi connectivity index (χ3v) is 4.14. The van der Waals surface area contributed by atoms with Crippen molar-refractivity contribution >= 4 is 11.7 Å². The Bertz CT molecular complexity index is 911. The van der Waals surface area contributed by atoms with Crippen LogP contribution in [0.25, 0.3) is 0 Å². The molecule has 1 aromatic heterocycles. The summed E-state index contributed by atoms with van der Waals surface area (Å²) in [6, 6.07) is 18.7. The van der Waals surface area contributed by atoms with Crippen LogP contribution in [0.15, 0.2) is 72.9 Å². The van der Waals surface area contributed by atoms with Gasteiger partial charge >= 0.3 is 0 Å². The van der Waals surface area contributed by atoms with Gasteiger partial charge in [0.05, 0.1) is 13.2 Å². The lowest BCUT2D eigenvalue weighted by Crippen LogP contribution is -2.31. The summed E-state index contributed by atoms with van der Waals surface area (Å²) in [5.74, 6) is 0.993. The molecule has 3 aromatic rings. The highest BCUT2D eigenvalue weighted by molar-refractivity contribution is 6.05. The molecule has 0 N–H and O–H groups in total. The van der Waals surface area contributed by atoms with Crippen LogP contribution in [0.4, 0.5) is 10.2 Å². The molecule has 0 unspecified atom stereocenters. The molecule has 1 amide bonds. The number of benzene rings is 2. The molecule has 0 aliphatic rings. The second-order valence-corrected chi connectivity index (χ2v) is 6.90. The van der Waals surface area contributed by atoms with Crippen molar-refractivity contribution < 1.29 is 13.9 Å². The van der Waals surface area contributed by atoms with E-state index in [-0.39, 0.29) is 18.3 Å². The summed E-state index contributed by atoms with van der Waals surface area (Å²) in [6.07, 6.45) is 1.61. The normalized spacial score (nSPS) is 10.7. The van der Waals surface area contributed by atoms with E-state index in [0.717, 1.165) is 0 Å². The van der Waals surface area contributed by atoms with Gasteiger partial charge in [-0.3, -0.25) is 9.69 Å². The van der Waals surface area contributed by atoms with E-state index < -0.39 is 0 Å². The quantitative estimate of drug-likeness (QED) is 0.574. The fourth-order valence-electron chi connectivity index (χ4n) is 2.68. The number of hydrogen-bond donors (Lipinski definition) is 0. The summed E-state index contributed by atoms with van der Waals surface area (Å²) < 4.78 is 19.8. The van der Waals surface area contributed by atoms with Gasteiger partial charge in [0.1, 0.15) is 17.4 Å². The fraction of sp³-hybridized carbons (Fsp3) is 0.217. The van der Waals surface area contributed by atoms with Crippen molar-refractivity contribution in [3.05, 3.63) is 89.9 Å². The molecule has 0 radical (unpaired) electrons. The van der Waals surface area contributed by atoms with E-state index in [1.807, 2.05) is 0 Å². The largest absolute Gasteiger partial charge is 0.493 e. The lowest BCUT2D eigenvalue weighted by molar-refractivity contribution is 0.0984. The van der Waals surface area contributed by atoms with Gasteiger partial charge in [-0.1, -0.05) is 38.1 Å². The van der Waals surface area contributed by atoms with Crippen LogP contribution in [0.3, 0.4) is 0 Å². The third kappa shape index (κ3) is 4.94. The Morgan fingerprint density at radius 1 is 1.04 bits per heavy atom. The van der Waals surface area contributed by atoms with Crippen molar-refractivity contribution in [3.8, 4) is 5.75 Å². The summed E-state index contributed by atoms with van der Waals surface area (Å²) in [4.78, 5) is 18.9. The lowest BCUT2D eigenvalue weighted by Gasteiger charge is -2.22. The van der Waals surface area contributed by atoms with Gasteiger partial charge in [-0.2, -0.15) is 0 Å². The van der Waals surface area contributed by atoms with E-state index in [1.54, 1.807) is 66.9 Å². The van der Waals surface area contributed by atoms with Crippen LogP contribution in [0.1, 0.15) is 29.8 Å². The van der Waals surface area contributed by atoms with Gasteiger partial charge in [0.25, 0.3) is 5.91 Å². The maximum Gasteiger partial charge on any atom is 0.259 e. The zero-order chi connectivity index (χ0) is 19.9. The van der Waals surface area contributed by atoms with E-state index in [9.17, 15) is 9.18 Å². The Morgan fingerprint density at radius 3 is 2.39 bits per heavy atom. The third-order valence-electron chi connectivity index (χ3n) is 4.14. The van der Waals surface area contributed by atoms with Crippen molar-refractivity contribution in [1.82, 2.24) is 4.98 Å². The highest BCUT2D eigenvalue weighted by Crippen LogP contribution is 2.21. The summed E-state index contributed by atoms with van der Waals surface area (Å²) >= 11 is 0. The minimum atomic E-state index is -0.353. The monoisotopic (exact) mass is 378 g/mol. The number of anilines is 1. The fourth-order valence-corrected chi connectivity index (χ4v) is 2.68. The zero-order valence-electron chi connectivity index (χ0n) is 16.0. The Labute approximate surface area is 164 Å². The van der Waals surface area contributed by atoms with Crippen molar-refractivity contribution in [2.24, 2.45) is 5.92 Å². The van der Waals surface area contributed by atoms with Crippen molar-refractivity contribution in [2.45, 2.75) is 20.4 Å². The number of nitrogens with zero attached hydrogens (tertiary/aromatic N) is 2. The van der Waals surface area contributed by atoms with Crippen LogP contribution in [0.2, 0.25) is 0 Å². The number of carbonyl (C=O) groups excluding carboxylic acids is 1. The number of amides is 1. The van der Waals surface area contributed by atoms with Crippen molar-refractivity contribution in [1.29, 1.82) is 0 Å². The summed E-state index contributed by atoms with van der Waals surface area (Å²) in [7, 11) is 0. The van der Waals surface area contributed by atoms with Crippen LogP contribution >= 0.6 is 0 Å². The predicted octanol–water partition coefficient (Wildman–Crippen LogP) is 5.10. The first-order valence-corrected chi connectivity index (χ1v) is 9.24. The minimum absolute atomic E-state index is 0.0914. The zero-order valence-corrected chi connectivity index (χ0v) is 16.0. The van der Waals surface area contributed by atoms with Crippen LogP contribution in [-0.4, -0.2) is 17.5 Å². The molecule has 0 atom stereocenters. The Balaban J connectivity index is 1.85. The maximum atomic E-state index is 14.2. The van der Waals surface area contributed by atoms with Gasteiger partial charge in [0.15, 0.2) is 0 Å². The molecule has 0 spiro atoms. The van der Waals surface area contributed by atoms with Crippen LogP contribution in [0.5, 0.6) is 5.75 Å². The molecule has 0 aliphatic heterocycles. The number of halogens is 1. The predicted molar refractivity (Wildman–Crippen MR) is 108 cm³/mol. The first-order chi connectivity index (χ1) is 13.5. The summed E-state index contributed by atoms with van der Waals surface area (Å²) in [6.45, 7) is 4.85. The van der Waals surface area contributed by atoms with Crippen LogP contribution in [0, 0.1) is 11.7 Å². The smallest absolute Gasteiger partial charge is 0.259 e. The Morgan fingerprint density at radius 2 is 1.75 bits per heavy atom. The van der Waals surface area contributed by atoms with E-state index in [2.05, 4.69) is 18.8 Å². The average molecular weight is 378 g/mol. The number of hydrogen-bond acceptors (Lipinski definition) is 3.